The molecule has 0 aromatic heterocycles. The van der Waals surface area contributed by atoms with Crippen molar-refractivity contribution >= 4 is 23.4 Å². The third kappa shape index (κ3) is 1.08. The Hall–Kier alpha value is -1.02. The van der Waals surface area contributed by atoms with Gasteiger partial charge in [-0.2, -0.15) is 0 Å². The summed E-state index contributed by atoms with van der Waals surface area (Å²) in [6.45, 7) is 0. The number of fused-ring (bicyclic) bond motifs is 1. The second-order valence-electron chi connectivity index (χ2n) is 2.64. The first kappa shape index (κ1) is 7.62. The normalized spacial score (nSPS) is 10.5. The highest BCUT2D eigenvalue weighted by atomic mass is 32.1. The molecule has 0 spiro atoms. The molecule has 0 unspecified atom stereocenters. The van der Waals surface area contributed by atoms with Crippen molar-refractivity contribution in [3.8, 4) is 0 Å². The maximum absolute atomic E-state index is 13.1. The van der Waals surface area contributed by atoms with Gasteiger partial charge in [-0.25, -0.2) is 4.39 Å². The van der Waals surface area contributed by atoms with Gasteiger partial charge in [-0.15, -0.1) is 0 Å². The fourth-order valence-electron chi connectivity index (χ4n) is 1.26. The molecule has 2 rings (SSSR count). The molecular weight excluding hydrogens is 171 g/mol. The highest BCUT2D eigenvalue weighted by molar-refractivity contribution is 7.59. The summed E-state index contributed by atoms with van der Waals surface area (Å²) in [7, 11) is 0. The van der Waals surface area contributed by atoms with Gasteiger partial charge in [0.2, 0.25) is 0 Å². The fraction of sp³-hybridized carbons (Fsp3) is 0. The molecule has 0 aliphatic heterocycles. The predicted molar refractivity (Wildman–Crippen MR) is 52.3 cm³/mol. The Balaban J connectivity index is 2.95. The van der Waals surface area contributed by atoms with E-state index < -0.39 is 0 Å². The average Bonchev–Trinajstić information content (AvgIpc) is 2.12. The van der Waals surface area contributed by atoms with Gasteiger partial charge in [0.25, 0.3) is 0 Å². The Morgan fingerprint density at radius 3 is 2.25 bits per heavy atom. The molecule has 0 radical (unpaired) electrons. The zero-order valence-corrected chi connectivity index (χ0v) is 7.34. The molecule has 0 aliphatic rings. The van der Waals surface area contributed by atoms with E-state index in [4.69, 9.17) is 0 Å². The van der Waals surface area contributed by atoms with Crippen molar-refractivity contribution in [2.45, 2.75) is 4.90 Å². The molecule has 60 valence electrons. The molecule has 0 N–H and O–H groups in total. The van der Waals surface area contributed by atoms with E-state index in [-0.39, 0.29) is 5.82 Å². The number of hydrogen-bond acceptors (Lipinski definition) is 0. The summed E-state index contributed by atoms with van der Waals surface area (Å²) in [6, 6.07) is 10.6. The summed E-state index contributed by atoms with van der Waals surface area (Å²) < 4.78 is 13.1. The zero-order valence-electron chi connectivity index (χ0n) is 6.34. The Kier molecular flexibility index (Phi) is 1.77. The van der Waals surface area contributed by atoms with Crippen LogP contribution < -0.4 is 0 Å². The summed E-state index contributed by atoms with van der Waals surface area (Å²) in [5, 5.41) is 1.57. The topological polar surface area (TPSA) is 0 Å². The minimum Gasteiger partial charge on any atom is -0.206 e. The maximum atomic E-state index is 13.1. The first-order chi connectivity index (χ1) is 5.79. The SMILES string of the molecule is Fc1ccc([SH2+])c2ccccc12. The third-order valence-corrected chi connectivity index (χ3v) is 2.31. The quantitative estimate of drug-likeness (QED) is 0.544. The van der Waals surface area contributed by atoms with E-state index in [9.17, 15) is 4.39 Å². The Labute approximate surface area is 75.4 Å². The number of benzene rings is 2. The van der Waals surface area contributed by atoms with E-state index in [2.05, 4.69) is 12.6 Å². The summed E-state index contributed by atoms with van der Waals surface area (Å²) >= 11 is 3.42. The summed E-state index contributed by atoms with van der Waals surface area (Å²) in [6.07, 6.45) is 0. The van der Waals surface area contributed by atoms with E-state index in [1.54, 1.807) is 12.1 Å². The maximum Gasteiger partial charge on any atom is 0.158 e. The second-order valence-corrected chi connectivity index (χ2v) is 3.18. The van der Waals surface area contributed by atoms with Crippen LogP contribution in [-0.2, 0) is 12.6 Å². The lowest BCUT2D eigenvalue weighted by Gasteiger charge is -1.97. The van der Waals surface area contributed by atoms with Crippen molar-refractivity contribution < 1.29 is 4.39 Å². The first-order valence-electron chi connectivity index (χ1n) is 3.68. The molecule has 0 nitrogen and oxygen atoms in total. The lowest BCUT2D eigenvalue weighted by molar-refractivity contribution is 0.639. The molecule has 0 aliphatic carbocycles. The van der Waals surface area contributed by atoms with Gasteiger partial charge in [0, 0.05) is 10.8 Å². The number of hydrogen-bond donors (Lipinski definition) is 0. The van der Waals surface area contributed by atoms with E-state index in [1.807, 2.05) is 18.2 Å². The van der Waals surface area contributed by atoms with Gasteiger partial charge in [-0.1, -0.05) is 18.2 Å². The van der Waals surface area contributed by atoms with Crippen LogP contribution in [0.15, 0.2) is 41.3 Å². The van der Waals surface area contributed by atoms with Crippen molar-refractivity contribution in [2.75, 3.05) is 0 Å². The van der Waals surface area contributed by atoms with Crippen LogP contribution in [0, 0.1) is 5.82 Å². The molecule has 0 saturated carbocycles. The van der Waals surface area contributed by atoms with Crippen molar-refractivity contribution in [2.24, 2.45) is 0 Å². The van der Waals surface area contributed by atoms with E-state index in [0.29, 0.717) is 5.39 Å². The van der Waals surface area contributed by atoms with Gasteiger partial charge >= 0.3 is 0 Å². The zero-order chi connectivity index (χ0) is 8.55. The molecule has 0 amide bonds. The van der Waals surface area contributed by atoms with Gasteiger partial charge in [-0.05, 0) is 30.8 Å². The van der Waals surface area contributed by atoms with Crippen molar-refractivity contribution in [1.29, 1.82) is 0 Å². The highest BCUT2D eigenvalue weighted by Gasteiger charge is 2.04. The van der Waals surface area contributed by atoms with Crippen LogP contribution in [0.25, 0.3) is 10.8 Å². The number of halogens is 1. The summed E-state index contributed by atoms with van der Waals surface area (Å²) in [5.74, 6) is -0.174. The minimum atomic E-state index is -0.174. The van der Waals surface area contributed by atoms with Gasteiger partial charge in [-0.3, -0.25) is 0 Å². The predicted octanol–water partition coefficient (Wildman–Crippen LogP) is 2.35. The van der Waals surface area contributed by atoms with Crippen LogP contribution in [0.3, 0.4) is 0 Å². The van der Waals surface area contributed by atoms with Crippen LogP contribution in [0.4, 0.5) is 4.39 Å². The molecule has 0 atom stereocenters. The Bertz CT molecular complexity index is 383. The van der Waals surface area contributed by atoms with Gasteiger partial charge in [0.05, 0.1) is 0 Å². The van der Waals surface area contributed by atoms with E-state index in [1.165, 1.54) is 6.07 Å². The summed E-state index contributed by atoms with van der Waals surface area (Å²) in [4.78, 5) is 0.923. The van der Waals surface area contributed by atoms with Crippen molar-refractivity contribution in [3.63, 3.8) is 0 Å². The smallest absolute Gasteiger partial charge is 0.158 e. The minimum absolute atomic E-state index is 0.174. The lowest BCUT2D eigenvalue weighted by atomic mass is 10.1. The third-order valence-electron chi connectivity index (χ3n) is 1.87. The summed E-state index contributed by atoms with van der Waals surface area (Å²) in [5.41, 5.74) is 0. The lowest BCUT2D eigenvalue weighted by Crippen LogP contribution is -1.81. The molecule has 2 aromatic rings. The molecule has 0 fully saturated rings. The second kappa shape index (κ2) is 2.79. The standard InChI is InChI=1S/C10H7FS/c11-9-5-6-10(12)8-4-2-1-3-7(8)9/h1-6,12H/p+1. The molecule has 0 heterocycles. The monoisotopic (exact) mass is 179 g/mol. The van der Waals surface area contributed by atoms with Crippen LogP contribution in [0.1, 0.15) is 0 Å². The Morgan fingerprint density at radius 2 is 1.58 bits per heavy atom. The molecule has 0 bridgehead atoms. The Morgan fingerprint density at radius 1 is 0.917 bits per heavy atom. The largest absolute Gasteiger partial charge is 0.206 e. The van der Waals surface area contributed by atoms with Crippen molar-refractivity contribution in [1.82, 2.24) is 0 Å². The van der Waals surface area contributed by atoms with Crippen LogP contribution in [0.2, 0.25) is 0 Å². The van der Waals surface area contributed by atoms with Crippen molar-refractivity contribution in [3.05, 3.63) is 42.2 Å². The van der Waals surface area contributed by atoms with Crippen LogP contribution >= 0.6 is 0 Å². The molecule has 2 heteroatoms. The number of rotatable bonds is 0. The van der Waals surface area contributed by atoms with Gasteiger partial charge in [0.15, 0.2) is 4.90 Å². The van der Waals surface area contributed by atoms with Gasteiger partial charge < -0.3 is 0 Å². The molecule has 2 aromatic carbocycles. The molecular formula is C10H8FS+. The average molecular weight is 179 g/mol. The van der Waals surface area contributed by atoms with Gasteiger partial charge in [0.1, 0.15) is 5.82 Å². The first-order valence-corrected chi connectivity index (χ1v) is 4.18. The fourth-order valence-corrected chi connectivity index (χ4v) is 1.56. The molecule has 0 saturated heterocycles. The van der Waals surface area contributed by atoms with Crippen LogP contribution in [0.5, 0.6) is 0 Å². The highest BCUT2D eigenvalue weighted by Crippen LogP contribution is 2.20. The van der Waals surface area contributed by atoms with E-state index in [0.717, 1.165) is 10.3 Å². The van der Waals surface area contributed by atoms with E-state index >= 15 is 0 Å². The van der Waals surface area contributed by atoms with Crippen LogP contribution in [-0.4, -0.2) is 0 Å². The molecule has 12 heavy (non-hydrogen) atoms.